The molecule has 5 rings (SSSR count). The standard InChI is InChI=1S/C29H28BClN6O5/c1-17-35-36-29-24(14-26(38)33-16-27(39)32-15-18-3-7-20(8-4-18)30(40)41)34-28(19-5-9-21(31)10-6-19)23-13-22(42-2)11-12-25(23)37(17)29/h3-13,24,40-41H,14-16H2,1-2H3,(H,32,39)(H,33,38)/t24-/m0/s1. The van der Waals surface area contributed by atoms with Crippen molar-refractivity contribution in [2.75, 3.05) is 13.7 Å². The van der Waals surface area contributed by atoms with Gasteiger partial charge in [0.2, 0.25) is 11.8 Å². The number of aliphatic imine (C=N–C) groups is 1. The molecule has 3 aromatic carbocycles. The van der Waals surface area contributed by atoms with Crippen molar-refractivity contribution in [3.63, 3.8) is 0 Å². The summed E-state index contributed by atoms with van der Waals surface area (Å²) >= 11 is 6.15. The third kappa shape index (κ3) is 6.36. The Kier molecular flexibility index (Phi) is 8.67. The molecule has 0 aliphatic carbocycles. The van der Waals surface area contributed by atoms with E-state index in [2.05, 4.69) is 20.8 Å². The average Bonchev–Trinajstić information content (AvgIpc) is 3.32. The van der Waals surface area contributed by atoms with Crippen LogP contribution in [0.5, 0.6) is 5.75 Å². The fourth-order valence-corrected chi connectivity index (χ4v) is 4.80. The lowest BCUT2D eigenvalue weighted by atomic mass is 9.80. The van der Waals surface area contributed by atoms with Crippen molar-refractivity contribution in [2.24, 2.45) is 4.99 Å². The highest BCUT2D eigenvalue weighted by Crippen LogP contribution is 2.34. The van der Waals surface area contributed by atoms with Crippen LogP contribution < -0.4 is 20.8 Å². The Morgan fingerprint density at radius 1 is 1.00 bits per heavy atom. The molecule has 2 amide bonds. The van der Waals surface area contributed by atoms with Crippen LogP contribution in [0.25, 0.3) is 5.69 Å². The number of carbonyl (C=O) groups excluding carboxylic acids is 2. The topological polar surface area (TPSA) is 151 Å². The lowest BCUT2D eigenvalue weighted by Gasteiger charge is -2.14. The number of amides is 2. The molecule has 0 bridgehead atoms. The molecule has 2 heterocycles. The number of hydrogen-bond donors (Lipinski definition) is 4. The number of halogens is 1. The second kappa shape index (κ2) is 12.6. The number of nitrogens with zero attached hydrogens (tertiary/aromatic N) is 4. The monoisotopic (exact) mass is 586 g/mol. The normalized spacial score (nSPS) is 13.7. The van der Waals surface area contributed by atoms with Crippen molar-refractivity contribution < 1.29 is 24.4 Å². The van der Waals surface area contributed by atoms with Crippen molar-refractivity contribution in [2.45, 2.75) is 25.9 Å². The van der Waals surface area contributed by atoms with Crippen molar-refractivity contribution in [3.8, 4) is 11.4 Å². The van der Waals surface area contributed by atoms with Gasteiger partial charge < -0.3 is 25.4 Å². The fraction of sp³-hybridized carbons (Fsp3) is 0.207. The molecule has 13 heteroatoms. The Balaban J connectivity index is 1.34. The van der Waals surface area contributed by atoms with Gasteiger partial charge >= 0.3 is 7.12 Å². The van der Waals surface area contributed by atoms with Crippen molar-refractivity contribution in [3.05, 3.63) is 100 Å². The van der Waals surface area contributed by atoms with Gasteiger partial charge in [-0.15, -0.1) is 10.2 Å². The molecule has 4 aromatic rings. The minimum Gasteiger partial charge on any atom is -0.497 e. The molecular weight excluding hydrogens is 559 g/mol. The smallest absolute Gasteiger partial charge is 0.488 e. The molecule has 0 saturated heterocycles. The van der Waals surface area contributed by atoms with E-state index in [-0.39, 0.29) is 31.3 Å². The maximum atomic E-state index is 13.1. The maximum Gasteiger partial charge on any atom is 0.488 e. The van der Waals surface area contributed by atoms with Gasteiger partial charge in [-0.2, -0.15) is 0 Å². The number of methoxy groups -OCH3 is 1. The summed E-state index contributed by atoms with van der Waals surface area (Å²) in [6.07, 6.45) is -0.0709. The lowest BCUT2D eigenvalue weighted by molar-refractivity contribution is -0.126. The summed E-state index contributed by atoms with van der Waals surface area (Å²) in [6, 6.07) is 18.7. The van der Waals surface area contributed by atoms with E-state index in [4.69, 9.17) is 21.3 Å². The molecule has 42 heavy (non-hydrogen) atoms. The highest BCUT2D eigenvalue weighted by atomic mass is 35.5. The molecule has 1 aliphatic rings. The molecule has 1 aromatic heterocycles. The van der Waals surface area contributed by atoms with E-state index in [9.17, 15) is 19.6 Å². The first-order valence-corrected chi connectivity index (χ1v) is 13.5. The van der Waals surface area contributed by atoms with Crippen molar-refractivity contribution in [1.29, 1.82) is 0 Å². The van der Waals surface area contributed by atoms with Crippen LogP contribution >= 0.6 is 11.6 Å². The number of fused-ring (bicyclic) bond motifs is 3. The summed E-state index contributed by atoms with van der Waals surface area (Å²) in [5.41, 5.74) is 4.14. The summed E-state index contributed by atoms with van der Waals surface area (Å²) in [6.45, 7) is 1.83. The van der Waals surface area contributed by atoms with Crippen LogP contribution in [0, 0.1) is 6.92 Å². The average molecular weight is 587 g/mol. The highest BCUT2D eigenvalue weighted by molar-refractivity contribution is 6.58. The minimum absolute atomic E-state index is 0.0709. The quantitative estimate of drug-likeness (QED) is 0.218. The SMILES string of the molecule is COc1ccc2c(c1)C(c1ccc(Cl)cc1)=N[C@@H](CC(=O)NCC(=O)NCc1ccc(B(O)O)cc1)c1nnc(C)n1-2. The van der Waals surface area contributed by atoms with Gasteiger partial charge in [-0.05, 0) is 48.3 Å². The molecule has 0 saturated carbocycles. The Morgan fingerprint density at radius 3 is 2.43 bits per heavy atom. The summed E-state index contributed by atoms with van der Waals surface area (Å²) < 4.78 is 7.38. The molecule has 1 aliphatic heterocycles. The largest absolute Gasteiger partial charge is 0.497 e. The predicted octanol–water partition coefficient (Wildman–Crippen LogP) is 1.63. The van der Waals surface area contributed by atoms with Crippen LogP contribution in [0.15, 0.2) is 71.7 Å². The molecule has 1 atom stereocenters. The first-order chi connectivity index (χ1) is 20.2. The number of ether oxygens (including phenoxy) is 1. The number of carbonyl (C=O) groups is 2. The van der Waals surface area contributed by atoms with E-state index in [0.29, 0.717) is 33.6 Å². The van der Waals surface area contributed by atoms with Gasteiger partial charge in [-0.1, -0.05) is 48.0 Å². The van der Waals surface area contributed by atoms with Gasteiger partial charge in [-0.25, -0.2) is 0 Å². The van der Waals surface area contributed by atoms with Gasteiger partial charge in [0.15, 0.2) is 5.82 Å². The fourth-order valence-electron chi connectivity index (χ4n) is 4.67. The minimum atomic E-state index is -1.56. The number of aryl methyl sites for hydroxylation is 1. The van der Waals surface area contributed by atoms with Crippen molar-refractivity contribution >= 4 is 41.7 Å². The van der Waals surface area contributed by atoms with Crippen molar-refractivity contribution in [1.82, 2.24) is 25.4 Å². The molecule has 214 valence electrons. The summed E-state index contributed by atoms with van der Waals surface area (Å²) in [5, 5.41) is 33.0. The van der Waals surface area contributed by atoms with Crippen LogP contribution in [0.2, 0.25) is 5.02 Å². The summed E-state index contributed by atoms with van der Waals surface area (Å²) in [7, 11) is 0.0349. The molecule has 0 spiro atoms. The van der Waals surface area contributed by atoms with Crippen LogP contribution in [-0.2, 0) is 16.1 Å². The van der Waals surface area contributed by atoms with Gasteiger partial charge in [-0.3, -0.25) is 19.1 Å². The summed E-state index contributed by atoms with van der Waals surface area (Å²) in [5.74, 6) is 1.02. The van der Waals surface area contributed by atoms with E-state index in [0.717, 1.165) is 22.4 Å². The van der Waals surface area contributed by atoms with E-state index < -0.39 is 13.2 Å². The third-order valence-corrected chi connectivity index (χ3v) is 7.09. The molecule has 0 unspecified atom stereocenters. The number of rotatable bonds is 9. The number of aromatic nitrogens is 3. The maximum absolute atomic E-state index is 13.1. The molecular formula is C29H28BClN6O5. The zero-order chi connectivity index (χ0) is 29.8. The Bertz CT molecular complexity index is 1640. The first kappa shape index (κ1) is 29.0. The Labute approximate surface area is 247 Å². The van der Waals surface area contributed by atoms with Gasteiger partial charge in [0.1, 0.15) is 17.6 Å². The number of nitrogens with one attached hydrogen (secondary N) is 2. The van der Waals surface area contributed by atoms with E-state index >= 15 is 0 Å². The van der Waals surface area contributed by atoms with E-state index in [1.807, 2.05) is 41.8 Å². The molecule has 4 N–H and O–H groups in total. The lowest BCUT2D eigenvalue weighted by Crippen LogP contribution is -2.37. The molecule has 0 radical (unpaired) electrons. The summed E-state index contributed by atoms with van der Waals surface area (Å²) in [4.78, 5) is 30.5. The molecule has 11 nitrogen and oxygen atoms in total. The zero-order valence-electron chi connectivity index (χ0n) is 22.9. The predicted molar refractivity (Wildman–Crippen MR) is 158 cm³/mol. The second-order valence-electron chi connectivity index (χ2n) is 9.70. The Hall–Kier alpha value is -4.52. The highest BCUT2D eigenvalue weighted by Gasteiger charge is 2.30. The Morgan fingerprint density at radius 2 is 1.74 bits per heavy atom. The molecule has 0 fully saturated rings. The first-order valence-electron chi connectivity index (χ1n) is 13.2. The van der Waals surface area contributed by atoms with Gasteiger partial charge in [0.25, 0.3) is 0 Å². The second-order valence-corrected chi connectivity index (χ2v) is 10.1. The number of hydrogen-bond acceptors (Lipinski definition) is 8. The van der Waals surface area contributed by atoms with Gasteiger partial charge in [0, 0.05) is 22.7 Å². The number of benzene rings is 3. The van der Waals surface area contributed by atoms with Crippen LogP contribution in [-0.4, -0.2) is 63.1 Å². The van der Waals surface area contributed by atoms with Crippen LogP contribution in [0.1, 0.15) is 40.8 Å². The van der Waals surface area contributed by atoms with Gasteiger partial charge in [0.05, 0.1) is 31.5 Å². The van der Waals surface area contributed by atoms with Crippen LogP contribution in [0.4, 0.5) is 0 Å². The van der Waals surface area contributed by atoms with Crippen LogP contribution in [0.3, 0.4) is 0 Å². The van der Waals surface area contributed by atoms with E-state index in [1.54, 1.807) is 43.5 Å². The zero-order valence-corrected chi connectivity index (χ0v) is 23.7. The van der Waals surface area contributed by atoms with E-state index in [1.165, 1.54) is 0 Å². The third-order valence-electron chi connectivity index (χ3n) is 6.84.